The van der Waals surface area contributed by atoms with E-state index in [1.165, 1.54) is 12.8 Å². The molecule has 2 aromatic rings. The van der Waals surface area contributed by atoms with Crippen molar-refractivity contribution in [1.29, 1.82) is 0 Å². The molecule has 3 rings (SSSR count). The van der Waals surface area contributed by atoms with E-state index < -0.39 is 17.0 Å². The number of methoxy groups -OCH3 is 2. The second-order valence-corrected chi connectivity index (χ2v) is 8.43. The fourth-order valence-corrected chi connectivity index (χ4v) is 5.33. The van der Waals surface area contributed by atoms with E-state index in [-0.39, 0.29) is 6.42 Å². The second kappa shape index (κ2) is 10.1. The number of aliphatic hydroxyl groups is 2. The fraction of sp³-hybridized carbons (Fsp3) is 0.538. The number of hydrogen-bond donors (Lipinski definition) is 2. The Morgan fingerprint density at radius 3 is 1.43 bits per heavy atom. The van der Waals surface area contributed by atoms with Crippen LogP contribution in [0, 0.1) is 0 Å². The third kappa shape index (κ3) is 4.06. The van der Waals surface area contributed by atoms with E-state index in [0.29, 0.717) is 6.42 Å². The summed E-state index contributed by atoms with van der Waals surface area (Å²) in [6, 6.07) is 19.4. The molecule has 0 saturated heterocycles. The lowest BCUT2D eigenvalue weighted by atomic mass is 9.60. The van der Waals surface area contributed by atoms with Crippen LogP contribution >= 0.6 is 0 Å². The summed E-state index contributed by atoms with van der Waals surface area (Å²) in [5, 5.41) is 23.7. The van der Waals surface area contributed by atoms with Crippen molar-refractivity contribution in [1.82, 2.24) is 0 Å². The van der Waals surface area contributed by atoms with E-state index in [1.807, 2.05) is 60.7 Å². The van der Waals surface area contributed by atoms with Crippen molar-refractivity contribution in [3.63, 3.8) is 0 Å². The molecule has 2 N–H and O–H groups in total. The third-order valence-corrected chi connectivity index (χ3v) is 6.78. The van der Waals surface area contributed by atoms with Crippen LogP contribution in [0.15, 0.2) is 60.7 Å². The summed E-state index contributed by atoms with van der Waals surface area (Å²) < 4.78 is 12.3. The van der Waals surface area contributed by atoms with Crippen molar-refractivity contribution in [2.45, 2.75) is 74.8 Å². The molecule has 1 aliphatic rings. The monoisotopic (exact) mass is 412 g/mol. The molecular formula is C26H36O4. The average molecular weight is 413 g/mol. The van der Waals surface area contributed by atoms with Gasteiger partial charge in [0.05, 0.1) is 0 Å². The highest BCUT2D eigenvalue weighted by atomic mass is 16.7. The Labute approximate surface area is 180 Å². The maximum atomic E-state index is 11.9. The van der Waals surface area contributed by atoms with Crippen LogP contribution in [0.3, 0.4) is 0 Å². The van der Waals surface area contributed by atoms with Crippen molar-refractivity contribution in [2.24, 2.45) is 0 Å². The molecule has 4 heteroatoms. The van der Waals surface area contributed by atoms with Crippen molar-refractivity contribution < 1.29 is 19.7 Å². The van der Waals surface area contributed by atoms with Gasteiger partial charge in [-0.1, -0.05) is 92.8 Å². The molecule has 0 heterocycles. The normalized spacial score (nSPS) is 21.9. The van der Waals surface area contributed by atoms with E-state index in [0.717, 1.165) is 43.2 Å². The van der Waals surface area contributed by atoms with E-state index in [1.54, 1.807) is 14.2 Å². The molecule has 0 radical (unpaired) electrons. The molecule has 0 unspecified atom stereocenters. The molecule has 4 nitrogen and oxygen atoms in total. The molecular weight excluding hydrogens is 376 g/mol. The lowest BCUT2D eigenvalue weighted by molar-refractivity contribution is -0.328. The first-order chi connectivity index (χ1) is 14.5. The molecule has 0 atom stereocenters. The number of ether oxygens (including phenoxy) is 2. The van der Waals surface area contributed by atoms with E-state index in [9.17, 15) is 10.2 Å². The number of rotatable bonds is 4. The molecule has 2 aromatic carbocycles. The van der Waals surface area contributed by atoms with Gasteiger partial charge in [0.2, 0.25) is 0 Å². The van der Waals surface area contributed by atoms with Crippen LogP contribution in [0.25, 0.3) is 0 Å². The largest absolute Gasteiger partial charge is 0.364 e. The van der Waals surface area contributed by atoms with Gasteiger partial charge < -0.3 is 19.7 Å². The van der Waals surface area contributed by atoms with Crippen molar-refractivity contribution in [3.05, 3.63) is 71.8 Å². The zero-order chi connectivity index (χ0) is 21.5. The number of hydrogen-bond acceptors (Lipinski definition) is 4. The first kappa shape index (κ1) is 23.0. The summed E-state index contributed by atoms with van der Waals surface area (Å²) >= 11 is 0. The van der Waals surface area contributed by atoms with Crippen LogP contribution in [-0.4, -0.2) is 36.0 Å². The molecule has 0 aliphatic heterocycles. The summed E-state index contributed by atoms with van der Waals surface area (Å²) in [6.07, 6.45) is 7.96. The maximum absolute atomic E-state index is 11.9. The minimum atomic E-state index is -2.07. The summed E-state index contributed by atoms with van der Waals surface area (Å²) in [5.74, 6) is -3.31. The maximum Gasteiger partial charge on any atom is 0.186 e. The zero-order valence-corrected chi connectivity index (χ0v) is 18.3. The predicted octanol–water partition coefficient (Wildman–Crippen LogP) is 5.17. The molecule has 1 saturated carbocycles. The number of benzene rings is 2. The topological polar surface area (TPSA) is 58.9 Å². The highest BCUT2D eigenvalue weighted by Crippen LogP contribution is 2.54. The molecule has 0 amide bonds. The SMILES string of the molecule is COC1(OC)CCCCCCCCCC(O)(O)C1(c1ccccc1)c1ccccc1. The standard InChI is InChI=1S/C26H36O4/c1-29-25(30-2)21-15-7-5-3-4-6-14-20-24(27,28)26(25,22-16-10-8-11-17-22)23-18-12-9-13-19-23/h8-13,16-19,27-28H,3-7,14-15,20-21H2,1-2H3. The van der Waals surface area contributed by atoms with Crippen LogP contribution in [0.1, 0.15) is 68.9 Å². The van der Waals surface area contributed by atoms with Gasteiger partial charge in [-0.15, -0.1) is 0 Å². The molecule has 1 fully saturated rings. The second-order valence-electron chi connectivity index (χ2n) is 8.43. The quantitative estimate of drug-likeness (QED) is 0.681. The van der Waals surface area contributed by atoms with Crippen LogP contribution in [0.2, 0.25) is 0 Å². The van der Waals surface area contributed by atoms with Crippen LogP contribution in [0.5, 0.6) is 0 Å². The Hall–Kier alpha value is -1.72. The Morgan fingerprint density at radius 1 is 0.600 bits per heavy atom. The van der Waals surface area contributed by atoms with E-state index in [2.05, 4.69) is 0 Å². The Morgan fingerprint density at radius 2 is 1.00 bits per heavy atom. The van der Waals surface area contributed by atoms with Gasteiger partial charge in [0, 0.05) is 27.1 Å². The smallest absolute Gasteiger partial charge is 0.186 e. The Bertz CT molecular complexity index is 714. The Kier molecular flexibility index (Phi) is 7.70. The minimum Gasteiger partial charge on any atom is -0.364 e. The van der Waals surface area contributed by atoms with Crippen molar-refractivity contribution in [3.8, 4) is 0 Å². The summed E-state index contributed by atoms with van der Waals surface area (Å²) in [4.78, 5) is 0. The molecule has 0 bridgehead atoms. The predicted molar refractivity (Wildman–Crippen MR) is 119 cm³/mol. The highest BCUT2D eigenvalue weighted by Gasteiger charge is 2.65. The van der Waals surface area contributed by atoms with Crippen LogP contribution in [-0.2, 0) is 14.9 Å². The van der Waals surface area contributed by atoms with Gasteiger partial charge in [-0.2, -0.15) is 0 Å². The van der Waals surface area contributed by atoms with Gasteiger partial charge in [0.1, 0.15) is 5.41 Å². The van der Waals surface area contributed by atoms with Gasteiger partial charge in [-0.3, -0.25) is 0 Å². The first-order valence-corrected chi connectivity index (χ1v) is 11.2. The summed E-state index contributed by atoms with van der Waals surface area (Å²) in [5.41, 5.74) is 0.245. The van der Waals surface area contributed by atoms with Gasteiger partial charge in [0.25, 0.3) is 0 Å². The summed E-state index contributed by atoms with van der Waals surface area (Å²) in [6.45, 7) is 0. The van der Waals surface area contributed by atoms with Gasteiger partial charge in [0.15, 0.2) is 11.6 Å². The van der Waals surface area contributed by atoms with Gasteiger partial charge in [-0.05, 0) is 24.0 Å². The molecule has 0 spiro atoms. The lowest BCUT2D eigenvalue weighted by Gasteiger charge is -2.55. The lowest BCUT2D eigenvalue weighted by Crippen LogP contribution is -2.67. The fourth-order valence-electron chi connectivity index (χ4n) is 5.33. The van der Waals surface area contributed by atoms with E-state index in [4.69, 9.17) is 9.47 Å². The average Bonchev–Trinajstić information content (AvgIpc) is 2.77. The molecule has 164 valence electrons. The molecule has 0 aromatic heterocycles. The van der Waals surface area contributed by atoms with Crippen LogP contribution < -0.4 is 0 Å². The molecule has 1 aliphatic carbocycles. The molecule has 30 heavy (non-hydrogen) atoms. The van der Waals surface area contributed by atoms with Crippen molar-refractivity contribution in [2.75, 3.05) is 14.2 Å². The Balaban J connectivity index is 2.33. The minimum absolute atomic E-state index is 0.241. The third-order valence-electron chi connectivity index (χ3n) is 6.78. The van der Waals surface area contributed by atoms with Gasteiger partial charge >= 0.3 is 0 Å². The van der Waals surface area contributed by atoms with E-state index >= 15 is 0 Å². The van der Waals surface area contributed by atoms with Crippen molar-refractivity contribution >= 4 is 0 Å². The summed E-state index contributed by atoms with van der Waals surface area (Å²) in [7, 11) is 3.23. The highest BCUT2D eigenvalue weighted by molar-refractivity contribution is 5.46. The van der Waals surface area contributed by atoms with Gasteiger partial charge in [-0.25, -0.2) is 0 Å². The van der Waals surface area contributed by atoms with Crippen LogP contribution in [0.4, 0.5) is 0 Å². The zero-order valence-electron chi connectivity index (χ0n) is 18.3. The first-order valence-electron chi connectivity index (χ1n) is 11.2.